The molecule has 0 unspecified atom stereocenters. The second-order valence-electron chi connectivity index (χ2n) is 6.14. The molecule has 0 spiro atoms. The average Bonchev–Trinajstić information content (AvgIpc) is 3.10. The van der Waals surface area contributed by atoms with Crippen LogP contribution in [0.1, 0.15) is 51.0 Å². The number of fused-ring (bicyclic) bond motifs is 1. The SMILES string of the molecule is CCCCCCCN1C(=O)CCc2cc(-n3cnnc3)ccc21. The molecule has 0 saturated carbocycles. The third-order valence-electron chi connectivity index (χ3n) is 4.47. The van der Waals surface area contributed by atoms with Gasteiger partial charge in [0, 0.05) is 24.3 Å². The monoisotopic (exact) mass is 312 g/mol. The van der Waals surface area contributed by atoms with Gasteiger partial charge in [0.25, 0.3) is 0 Å². The van der Waals surface area contributed by atoms with E-state index in [2.05, 4.69) is 29.3 Å². The number of hydrogen-bond donors (Lipinski definition) is 0. The molecule has 0 aliphatic carbocycles. The molecular weight excluding hydrogens is 288 g/mol. The molecule has 3 rings (SSSR count). The van der Waals surface area contributed by atoms with Crippen LogP contribution in [-0.2, 0) is 11.2 Å². The summed E-state index contributed by atoms with van der Waals surface area (Å²) >= 11 is 0. The van der Waals surface area contributed by atoms with E-state index in [1.807, 2.05) is 15.5 Å². The second-order valence-corrected chi connectivity index (χ2v) is 6.14. The molecule has 1 amide bonds. The highest BCUT2D eigenvalue weighted by Crippen LogP contribution is 2.30. The molecule has 2 aromatic rings. The van der Waals surface area contributed by atoms with Crippen LogP contribution in [0.2, 0.25) is 0 Å². The summed E-state index contributed by atoms with van der Waals surface area (Å²) in [5.41, 5.74) is 3.36. The van der Waals surface area contributed by atoms with E-state index in [0.29, 0.717) is 6.42 Å². The van der Waals surface area contributed by atoms with E-state index in [4.69, 9.17) is 0 Å². The molecular formula is C18H24N4O. The Labute approximate surface area is 137 Å². The first kappa shape index (κ1) is 15.7. The van der Waals surface area contributed by atoms with Crippen LogP contribution in [0.5, 0.6) is 0 Å². The highest BCUT2D eigenvalue weighted by atomic mass is 16.2. The van der Waals surface area contributed by atoms with Crippen molar-refractivity contribution in [2.75, 3.05) is 11.4 Å². The number of nitrogens with zero attached hydrogens (tertiary/aromatic N) is 4. The number of unbranched alkanes of at least 4 members (excludes halogenated alkanes) is 4. The summed E-state index contributed by atoms with van der Waals surface area (Å²) < 4.78 is 1.89. The number of rotatable bonds is 7. The van der Waals surface area contributed by atoms with Crippen LogP contribution in [0.25, 0.3) is 5.69 Å². The van der Waals surface area contributed by atoms with Crippen molar-refractivity contribution in [3.63, 3.8) is 0 Å². The lowest BCUT2D eigenvalue weighted by atomic mass is 9.99. The van der Waals surface area contributed by atoms with Gasteiger partial charge in [-0.05, 0) is 36.6 Å². The minimum Gasteiger partial charge on any atom is -0.312 e. The van der Waals surface area contributed by atoms with Crippen LogP contribution in [-0.4, -0.2) is 27.2 Å². The van der Waals surface area contributed by atoms with Gasteiger partial charge >= 0.3 is 0 Å². The molecule has 5 nitrogen and oxygen atoms in total. The van der Waals surface area contributed by atoms with Crippen molar-refractivity contribution in [3.8, 4) is 5.69 Å². The van der Waals surface area contributed by atoms with Crippen molar-refractivity contribution < 1.29 is 4.79 Å². The largest absolute Gasteiger partial charge is 0.312 e. The number of hydrogen-bond acceptors (Lipinski definition) is 3. The van der Waals surface area contributed by atoms with Crippen molar-refractivity contribution in [2.24, 2.45) is 0 Å². The van der Waals surface area contributed by atoms with Crippen molar-refractivity contribution in [2.45, 2.75) is 51.9 Å². The molecule has 1 aliphatic heterocycles. The number of anilines is 1. The number of benzene rings is 1. The molecule has 0 radical (unpaired) electrons. The van der Waals surface area contributed by atoms with Gasteiger partial charge in [-0.15, -0.1) is 10.2 Å². The first-order chi connectivity index (χ1) is 11.3. The van der Waals surface area contributed by atoms with E-state index < -0.39 is 0 Å². The first-order valence-corrected chi connectivity index (χ1v) is 8.58. The van der Waals surface area contributed by atoms with Crippen molar-refractivity contribution in [1.29, 1.82) is 0 Å². The maximum absolute atomic E-state index is 12.3. The fourth-order valence-corrected chi connectivity index (χ4v) is 3.16. The molecule has 5 heteroatoms. The van der Waals surface area contributed by atoms with Gasteiger partial charge in [-0.1, -0.05) is 32.6 Å². The van der Waals surface area contributed by atoms with E-state index in [1.165, 1.54) is 31.2 Å². The third kappa shape index (κ3) is 3.60. The quantitative estimate of drug-likeness (QED) is 0.735. The summed E-state index contributed by atoms with van der Waals surface area (Å²) in [6.07, 6.45) is 10.9. The van der Waals surface area contributed by atoms with E-state index in [0.717, 1.165) is 30.8 Å². The Morgan fingerprint density at radius 2 is 1.83 bits per heavy atom. The van der Waals surface area contributed by atoms with E-state index >= 15 is 0 Å². The zero-order chi connectivity index (χ0) is 16.1. The van der Waals surface area contributed by atoms with Gasteiger partial charge in [-0.2, -0.15) is 0 Å². The van der Waals surface area contributed by atoms with E-state index in [9.17, 15) is 4.79 Å². The third-order valence-corrected chi connectivity index (χ3v) is 4.47. The second kappa shape index (κ2) is 7.40. The van der Waals surface area contributed by atoms with Crippen molar-refractivity contribution in [3.05, 3.63) is 36.4 Å². The molecule has 0 saturated heterocycles. The Balaban J connectivity index is 1.72. The molecule has 0 N–H and O–H groups in total. The normalized spacial score (nSPS) is 14.1. The first-order valence-electron chi connectivity index (χ1n) is 8.58. The summed E-state index contributed by atoms with van der Waals surface area (Å²) in [5, 5.41) is 7.70. The predicted octanol–water partition coefficient (Wildman–Crippen LogP) is 3.52. The average molecular weight is 312 g/mol. The number of aryl methyl sites for hydroxylation is 1. The molecule has 1 aromatic carbocycles. The Kier molecular flexibility index (Phi) is 5.05. The summed E-state index contributed by atoms with van der Waals surface area (Å²) in [4.78, 5) is 14.3. The molecule has 0 atom stereocenters. The van der Waals surface area contributed by atoms with Gasteiger partial charge in [0.1, 0.15) is 12.7 Å². The van der Waals surface area contributed by atoms with Crippen LogP contribution in [0.15, 0.2) is 30.9 Å². The highest BCUT2D eigenvalue weighted by Gasteiger charge is 2.23. The molecule has 1 aliphatic rings. The van der Waals surface area contributed by atoms with Crippen LogP contribution in [0.3, 0.4) is 0 Å². The Morgan fingerprint density at radius 3 is 2.61 bits per heavy atom. The zero-order valence-corrected chi connectivity index (χ0v) is 13.7. The van der Waals surface area contributed by atoms with Crippen LogP contribution >= 0.6 is 0 Å². The van der Waals surface area contributed by atoms with Gasteiger partial charge in [0.15, 0.2) is 0 Å². The van der Waals surface area contributed by atoms with Gasteiger partial charge in [0.05, 0.1) is 0 Å². The maximum Gasteiger partial charge on any atom is 0.227 e. The van der Waals surface area contributed by atoms with Crippen LogP contribution < -0.4 is 4.90 Å². The van der Waals surface area contributed by atoms with Crippen molar-refractivity contribution in [1.82, 2.24) is 14.8 Å². The van der Waals surface area contributed by atoms with Gasteiger partial charge in [-0.25, -0.2) is 0 Å². The fraction of sp³-hybridized carbons (Fsp3) is 0.500. The summed E-state index contributed by atoms with van der Waals surface area (Å²) in [5.74, 6) is 0.255. The van der Waals surface area contributed by atoms with Gasteiger partial charge < -0.3 is 4.90 Å². The molecule has 0 bridgehead atoms. The minimum absolute atomic E-state index is 0.255. The number of carbonyl (C=O) groups excluding carboxylic acids is 1. The van der Waals surface area contributed by atoms with E-state index in [-0.39, 0.29) is 5.91 Å². The summed E-state index contributed by atoms with van der Waals surface area (Å²) in [6, 6.07) is 6.24. The predicted molar refractivity (Wildman–Crippen MR) is 90.8 cm³/mol. The molecule has 1 aromatic heterocycles. The lowest BCUT2D eigenvalue weighted by molar-refractivity contribution is -0.118. The van der Waals surface area contributed by atoms with Crippen molar-refractivity contribution >= 4 is 11.6 Å². The lowest BCUT2D eigenvalue weighted by Crippen LogP contribution is -2.35. The van der Waals surface area contributed by atoms with Crippen LogP contribution in [0, 0.1) is 0 Å². The maximum atomic E-state index is 12.3. The lowest BCUT2D eigenvalue weighted by Gasteiger charge is -2.30. The van der Waals surface area contributed by atoms with Crippen LogP contribution in [0.4, 0.5) is 5.69 Å². The molecule has 23 heavy (non-hydrogen) atoms. The topological polar surface area (TPSA) is 51.0 Å². The standard InChI is InChI=1S/C18H24N4O/c1-2-3-4-5-6-11-22-17-9-8-16(21-13-19-20-14-21)12-15(17)7-10-18(22)23/h8-9,12-14H,2-7,10-11H2,1H3. The molecule has 122 valence electrons. The smallest absolute Gasteiger partial charge is 0.227 e. The molecule has 2 heterocycles. The minimum atomic E-state index is 0.255. The summed E-state index contributed by atoms with van der Waals surface area (Å²) in [7, 11) is 0. The number of amides is 1. The Bertz CT molecular complexity index is 651. The molecule has 0 fully saturated rings. The highest BCUT2D eigenvalue weighted by molar-refractivity contribution is 5.96. The fourth-order valence-electron chi connectivity index (χ4n) is 3.16. The Hall–Kier alpha value is -2.17. The zero-order valence-electron chi connectivity index (χ0n) is 13.7. The van der Waals surface area contributed by atoms with Gasteiger partial charge in [-0.3, -0.25) is 9.36 Å². The van der Waals surface area contributed by atoms with E-state index in [1.54, 1.807) is 12.7 Å². The number of carbonyl (C=O) groups is 1. The van der Waals surface area contributed by atoms with Gasteiger partial charge in [0.2, 0.25) is 5.91 Å². The Morgan fingerprint density at radius 1 is 1.04 bits per heavy atom. The number of aromatic nitrogens is 3. The summed E-state index contributed by atoms with van der Waals surface area (Å²) in [6.45, 7) is 3.05.